The molecule has 1 aromatic carbocycles. The zero-order chi connectivity index (χ0) is 17.4. The van der Waals surface area contributed by atoms with Gasteiger partial charge in [-0.05, 0) is 18.1 Å². The van der Waals surface area contributed by atoms with Crippen LogP contribution in [0.5, 0.6) is 5.75 Å². The second-order valence-electron chi connectivity index (χ2n) is 6.16. The first kappa shape index (κ1) is 18.2. The van der Waals surface area contributed by atoms with Crippen molar-refractivity contribution < 1.29 is 14.3 Å². The molecule has 2 rings (SSSR count). The summed E-state index contributed by atoms with van der Waals surface area (Å²) < 4.78 is 10.8. The number of carbonyl (C=O) groups is 1. The maximum Gasteiger partial charge on any atom is 0.257 e. The molecule has 0 unspecified atom stereocenters. The number of para-hydroxylation sites is 1. The molecule has 0 bridgehead atoms. The van der Waals surface area contributed by atoms with Gasteiger partial charge in [0.25, 0.3) is 5.91 Å². The van der Waals surface area contributed by atoms with Crippen LogP contribution in [0, 0.1) is 17.2 Å². The summed E-state index contributed by atoms with van der Waals surface area (Å²) in [4.78, 5) is 14.4. The lowest BCUT2D eigenvalue weighted by Gasteiger charge is -2.36. The molecule has 1 amide bonds. The summed E-state index contributed by atoms with van der Waals surface area (Å²) in [5, 5.41) is 12.0. The molecule has 1 saturated heterocycles. The minimum Gasteiger partial charge on any atom is -0.482 e. The second-order valence-corrected chi connectivity index (χ2v) is 6.16. The first-order valence-electron chi connectivity index (χ1n) is 8.32. The zero-order valence-corrected chi connectivity index (χ0v) is 14.3. The van der Waals surface area contributed by atoms with Crippen LogP contribution in [0.2, 0.25) is 0 Å². The first-order valence-corrected chi connectivity index (χ1v) is 8.32. The molecule has 1 fully saturated rings. The molecule has 6 heteroatoms. The van der Waals surface area contributed by atoms with Gasteiger partial charge in [0.2, 0.25) is 0 Å². The van der Waals surface area contributed by atoms with Crippen LogP contribution in [-0.2, 0) is 9.53 Å². The molecule has 1 aliphatic heterocycles. The highest BCUT2D eigenvalue weighted by Crippen LogP contribution is 2.16. The van der Waals surface area contributed by atoms with Gasteiger partial charge in [0.15, 0.2) is 6.61 Å². The summed E-state index contributed by atoms with van der Waals surface area (Å²) in [5.41, 5.74) is 0.429. The molecule has 1 atom stereocenters. The van der Waals surface area contributed by atoms with Crippen LogP contribution < -0.4 is 10.1 Å². The molecular weight excluding hydrogens is 306 g/mol. The van der Waals surface area contributed by atoms with Crippen LogP contribution in [-0.4, -0.2) is 56.3 Å². The van der Waals surface area contributed by atoms with E-state index in [4.69, 9.17) is 14.7 Å². The van der Waals surface area contributed by atoms with Crippen LogP contribution in [0.15, 0.2) is 24.3 Å². The summed E-state index contributed by atoms with van der Waals surface area (Å²) in [6.45, 7) is 8.08. The van der Waals surface area contributed by atoms with Gasteiger partial charge in [0, 0.05) is 25.7 Å². The lowest BCUT2D eigenvalue weighted by atomic mass is 10.0. The van der Waals surface area contributed by atoms with Crippen molar-refractivity contribution in [1.82, 2.24) is 10.2 Å². The van der Waals surface area contributed by atoms with Crippen molar-refractivity contribution in [2.45, 2.75) is 19.9 Å². The summed E-state index contributed by atoms with van der Waals surface area (Å²) in [7, 11) is 0. The number of rotatable bonds is 7. The highest BCUT2D eigenvalue weighted by atomic mass is 16.5. The van der Waals surface area contributed by atoms with E-state index in [-0.39, 0.29) is 18.6 Å². The van der Waals surface area contributed by atoms with Gasteiger partial charge in [0.1, 0.15) is 11.8 Å². The number of benzene rings is 1. The fourth-order valence-electron chi connectivity index (χ4n) is 2.79. The molecule has 0 aliphatic carbocycles. The Morgan fingerprint density at radius 3 is 2.75 bits per heavy atom. The molecule has 1 N–H and O–H groups in total. The van der Waals surface area contributed by atoms with E-state index in [0.717, 1.165) is 26.3 Å². The van der Waals surface area contributed by atoms with Gasteiger partial charge >= 0.3 is 0 Å². The van der Waals surface area contributed by atoms with E-state index in [1.807, 2.05) is 0 Å². The van der Waals surface area contributed by atoms with Crippen molar-refractivity contribution in [3.8, 4) is 11.8 Å². The molecule has 6 nitrogen and oxygen atoms in total. The summed E-state index contributed by atoms with van der Waals surface area (Å²) in [5.74, 6) is 0.689. The molecule has 24 heavy (non-hydrogen) atoms. The number of nitrogens with one attached hydrogen (secondary N) is 1. The quantitative estimate of drug-likeness (QED) is 0.818. The third-order valence-electron chi connectivity index (χ3n) is 4.16. The minimum atomic E-state index is -0.179. The molecular formula is C18H25N3O3. The number of nitriles is 1. The highest BCUT2D eigenvalue weighted by Gasteiger charge is 2.24. The number of amides is 1. The molecule has 130 valence electrons. The maximum atomic E-state index is 12.1. The van der Waals surface area contributed by atoms with Gasteiger partial charge < -0.3 is 14.8 Å². The largest absolute Gasteiger partial charge is 0.482 e. The van der Waals surface area contributed by atoms with Crippen molar-refractivity contribution in [3.63, 3.8) is 0 Å². The van der Waals surface area contributed by atoms with Crippen LogP contribution >= 0.6 is 0 Å². The molecule has 0 radical (unpaired) electrons. The Hall–Kier alpha value is -2.10. The van der Waals surface area contributed by atoms with Crippen molar-refractivity contribution in [1.29, 1.82) is 5.26 Å². The monoisotopic (exact) mass is 331 g/mol. The van der Waals surface area contributed by atoms with Crippen molar-refractivity contribution >= 4 is 5.91 Å². The standard InChI is InChI=1S/C18H25N3O3/c1-14(2)16(21-7-9-23-10-8-21)12-20-18(22)13-24-17-6-4-3-5-15(17)11-19/h3-6,14,16H,7-10,12-13H2,1-2H3,(H,20,22)/t16-/m0/s1. The lowest BCUT2D eigenvalue weighted by Crippen LogP contribution is -2.51. The number of hydrogen-bond acceptors (Lipinski definition) is 5. The number of nitrogens with zero attached hydrogens (tertiary/aromatic N) is 2. The van der Waals surface area contributed by atoms with Gasteiger partial charge in [0.05, 0.1) is 18.8 Å². The van der Waals surface area contributed by atoms with Crippen molar-refractivity contribution in [2.24, 2.45) is 5.92 Å². The van der Waals surface area contributed by atoms with Gasteiger partial charge in [-0.3, -0.25) is 9.69 Å². The predicted octanol–water partition coefficient (Wildman–Crippen LogP) is 1.41. The number of carbonyl (C=O) groups excluding carboxylic acids is 1. The van der Waals surface area contributed by atoms with E-state index in [2.05, 4.69) is 30.1 Å². The van der Waals surface area contributed by atoms with E-state index in [1.54, 1.807) is 24.3 Å². The highest BCUT2D eigenvalue weighted by molar-refractivity contribution is 5.77. The Balaban J connectivity index is 1.81. The topological polar surface area (TPSA) is 74.6 Å². The number of hydrogen-bond donors (Lipinski definition) is 1. The molecule has 1 aliphatic rings. The van der Waals surface area contributed by atoms with E-state index in [1.165, 1.54) is 0 Å². The second kappa shape index (κ2) is 9.26. The summed E-state index contributed by atoms with van der Waals surface area (Å²) in [6.07, 6.45) is 0. The van der Waals surface area contributed by atoms with Crippen molar-refractivity contribution in [2.75, 3.05) is 39.5 Å². The average molecular weight is 331 g/mol. The van der Waals surface area contributed by atoms with Gasteiger partial charge in [-0.15, -0.1) is 0 Å². The molecule has 1 heterocycles. The smallest absolute Gasteiger partial charge is 0.257 e. The molecule has 0 saturated carbocycles. The summed E-state index contributed by atoms with van der Waals surface area (Å²) in [6, 6.07) is 9.24. The normalized spacial score (nSPS) is 16.4. The number of ether oxygens (including phenoxy) is 2. The fraction of sp³-hybridized carbons (Fsp3) is 0.556. The first-order chi connectivity index (χ1) is 11.6. The average Bonchev–Trinajstić information content (AvgIpc) is 2.61. The third-order valence-corrected chi connectivity index (χ3v) is 4.16. The van der Waals surface area contributed by atoms with Crippen LogP contribution in [0.3, 0.4) is 0 Å². The van der Waals surface area contributed by atoms with Crippen LogP contribution in [0.1, 0.15) is 19.4 Å². The minimum absolute atomic E-state index is 0.0907. The van der Waals surface area contributed by atoms with Crippen LogP contribution in [0.25, 0.3) is 0 Å². The Labute approximate surface area is 143 Å². The Bertz CT molecular complexity index is 577. The molecule has 1 aromatic rings. The Morgan fingerprint density at radius 2 is 2.08 bits per heavy atom. The molecule has 0 aromatic heterocycles. The SMILES string of the molecule is CC(C)[C@H](CNC(=O)COc1ccccc1C#N)N1CCOCC1. The number of morpholine rings is 1. The van der Waals surface area contributed by atoms with E-state index >= 15 is 0 Å². The maximum absolute atomic E-state index is 12.1. The van der Waals surface area contributed by atoms with Gasteiger partial charge in [-0.1, -0.05) is 26.0 Å². The molecule has 0 spiro atoms. The van der Waals surface area contributed by atoms with E-state index in [9.17, 15) is 4.79 Å². The van der Waals surface area contributed by atoms with E-state index in [0.29, 0.717) is 23.8 Å². The zero-order valence-electron chi connectivity index (χ0n) is 14.3. The fourth-order valence-corrected chi connectivity index (χ4v) is 2.79. The van der Waals surface area contributed by atoms with Crippen LogP contribution in [0.4, 0.5) is 0 Å². The lowest BCUT2D eigenvalue weighted by molar-refractivity contribution is -0.123. The predicted molar refractivity (Wildman–Crippen MR) is 90.7 cm³/mol. The van der Waals surface area contributed by atoms with Crippen molar-refractivity contribution in [3.05, 3.63) is 29.8 Å². The van der Waals surface area contributed by atoms with Gasteiger partial charge in [-0.25, -0.2) is 0 Å². The Morgan fingerprint density at radius 1 is 1.38 bits per heavy atom. The summed E-state index contributed by atoms with van der Waals surface area (Å²) >= 11 is 0. The third kappa shape index (κ3) is 5.22. The Kier molecular flexibility index (Phi) is 7.04. The van der Waals surface area contributed by atoms with E-state index < -0.39 is 0 Å². The van der Waals surface area contributed by atoms with Gasteiger partial charge in [-0.2, -0.15) is 5.26 Å².